The molecule has 0 atom stereocenters. The summed E-state index contributed by atoms with van der Waals surface area (Å²) in [4.78, 5) is 4.78. The Hall–Kier alpha value is -5.53. The van der Waals surface area contributed by atoms with Crippen molar-refractivity contribution in [1.29, 1.82) is 0 Å². The van der Waals surface area contributed by atoms with Crippen LogP contribution >= 0.6 is 0 Å². The average Bonchev–Trinajstić information content (AvgIpc) is 3.17. The molecule has 1 heteroatoms. The molecule has 8 aromatic rings. The van der Waals surface area contributed by atoms with Crippen molar-refractivity contribution in [3.8, 4) is 44.6 Å². The highest BCUT2D eigenvalue weighted by Gasteiger charge is 2.21. The number of pyridine rings is 1. The molecule has 0 amide bonds. The van der Waals surface area contributed by atoms with Gasteiger partial charge in [-0.3, -0.25) is 4.98 Å². The summed E-state index contributed by atoms with van der Waals surface area (Å²) in [6, 6.07) is 55.7. The van der Waals surface area contributed by atoms with Crippen LogP contribution in [0.15, 0.2) is 158 Å². The van der Waals surface area contributed by atoms with Gasteiger partial charge in [0.2, 0.25) is 0 Å². The fourth-order valence-corrected chi connectivity index (χ4v) is 8.23. The molecule has 48 heavy (non-hydrogen) atoms. The maximum atomic E-state index is 4.78. The van der Waals surface area contributed by atoms with Crippen molar-refractivity contribution in [2.45, 2.75) is 38.0 Å². The molecule has 0 aliphatic heterocycles. The second-order valence-corrected chi connectivity index (χ2v) is 13.3. The first-order valence-electron chi connectivity index (χ1n) is 17.4. The first-order chi connectivity index (χ1) is 23.8. The van der Waals surface area contributed by atoms with Crippen LogP contribution in [0.25, 0.3) is 77.0 Å². The number of aromatic nitrogens is 1. The van der Waals surface area contributed by atoms with Crippen molar-refractivity contribution in [2.75, 3.05) is 0 Å². The summed E-state index contributed by atoms with van der Waals surface area (Å²) in [6.07, 6.45) is 8.65. The number of benzene rings is 7. The molecule has 1 fully saturated rings. The fourth-order valence-electron chi connectivity index (χ4n) is 8.23. The molecule has 0 bridgehead atoms. The first kappa shape index (κ1) is 28.7. The molecular weight excluding hydrogens is 579 g/mol. The Morgan fingerprint density at radius 3 is 1.60 bits per heavy atom. The summed E-state index contributed by atoms with van der Waals surface area (Å²) >= 11 is 0. The van der Waals surface area contributed by atoms with Crippen molar-refractivity contribution in [3.63, 3.8) is 0 Å². The van der Waals surface area contributed by atoms with Crippen molar-refractivity contribution in [3.05, 3.63) is 163 Å². The molecule has 230 valence electrons. The lowest BCUT2D eigenvalue weighted by atomic mass is 9.80. The summed E-state index contributed by atoms with van der Waals surface area (Å²) in [7, 11) is 0. The van der Waals surface area contributed by atoms with E-state index in [1.807, 2.05) is 12.3 Å². The predicted molar refractivity (Wildman–Crippen MR) is 204 cm³/mol. The molecule has 1 saturated carbocycles. The lowest BCUT2D eigenvalue weighted by Crippen LogP contribution is -2.05. The number of nitrogens with zero attached hydrogens (tertiary/aromatic N) is 1. The maximum absolute atomic E-state index is 4.78. The molecule has 1 heterocycles. The molecule has 1 aliphatic carbocycles. The fraction of sp³-hybridized carbons (Fsp3) is 0.128. The van der Waals surface area contributed by atoms with Gasteiger partial charge in [-0.05, 0) is 90.5 Å². The van der Waals surface area contributed by atoms with E-state index in [4.69, 9.17) is 4.98 Å². The minimum absolute atomic E-state index is 0.661. The zero-order valence-corrected chi connectivity index (χ0v) is 27.1. The Kier molecular flexibility index (Phi) is 7.32. The van der Waals surface area contributed by atoms with Crippen LogP contribution in [0.5, 0.6) is 0 Å². The number of rotatable bonds is 5. The van der Waals surface area contributed by atoms with Gasteiger partial charge in [-0.2, -0.15) is 0 Å². The van der Waals surface area contributed by atoms with Gasteiger partial charge in [0.1, 0.15) is 0 Å². The van der Waals surface area contributed by atoms with E-state index in [0.717, 1.165) is 16.8 Å². The zero-order chi connectivity index (χ0) is 31.9. The van der Waals surface area contributed by atoms with Gasteiger partial charge < -0.3 is 0 Å². The summed E-state index contributed by atoms with van der Waals surface area (Å²) in [5.41, 5.74) is 11.1. The van der Waals surface area contributed by atoms with Crippen LogP contribution in [0.3, 0.4) is 0 Å². The third-order valence-corrected chi connectivity index (χ3v) is 10.5. The van der Waals surface area contributed by atoms with Crippen molar-refractivity contribution in [1.82, 2.24) is 4.98 Å². The highest BCUT2D eigenvalue weighted by Crippen LogP contribution is 2.46. The van der Waals surface area contributed by atoms with Crippen LogP contribution in [0.1, 0.15) is 43.6 Å². The average molecular weight is 616 g/mol. The van der Waals surface area contributed by atoms with Crippen molar-refractivity contribution < 1.29 is 0 Å². The van der Waals surface area contributed by atoms with Gasteiger partial charge in [0, 0.05) is 17.3 Å². The van der Waals surface area contributed by atoms with Crippen LogP contribution in [-0.2, 0) is 0 Å². The van der Waals surface area contributed by atoms with E-state index < -0.39 is 0 Å². The van der Waals surface area contributed by atoms with Crippen LogP contribution in [0, 0.1) is 0 Å². The van der Waals surface area contributed by atoms with Gasteiger partial charge in [0.25, 0.3) is 0 Å². The molecular formula is C47H37N. The number of hydrogen-bond acceptors (Lipinski definition) is 1. The second kappa shape index (κ2) is 12.2. The predicted octanol–water partition coefficient (Wildman–Crippen LogP) is 13.3. The van der Waals surface area contributed by atoms with Crippen molar-refractivity contribution >= 4 is 32.3 Å². The normalized spacial score (nSPS) is 13.8. The van der Waals surface area contributed by atoms with E-state index in [2.05, 4.69) is 146 Å². The van der Waals surface area contributed by atoms with Crippen LogP contribution in [0.2, 0.25) is 0 Å². The molecule has 1 aromatic heterocycles. The Morgan fingerprint density at radius 1 is 0.375 bits per heavy atom. The molecule has 0 saturated heterocycles. The van der Waals surface area contributed by atoms with Gasteiger partial charge in [-0.25, -0.2) is 0 Å². The van der Waals surface area contributed by atoms with E-state index >= 15 is 0 Å². The largest absolute Gasteiger partial charge is 0.256 e. The SMILES string of the molecule is c1ccc(-c2ccc(-c3ccc(-c4c5ccccc5c(-c5cccc6c(C7CCCCC7)cccc56)c5ccccc45)cc3)cn2)cc1. The van der Waals surface area contributed by atoms with Crippen LogP contribution in [-0.4, -0.2) is 4.98 Å². The first-order valence-corrected chi connectivity index (χ1v) is 17.4. The third-order valence-electron chi connectivity index (χ3n) is 10.5. The molecule has 1 nitrogen and oxygen atoms in total. The third kappa shape index (κ3) is 4.98. The Morgan fingerprint density at radius 2 is 0.938 bits per heavy atom. The quantitative estimate of drug-likeness (QED) is 0.176. The second-order valence-electron chi connectivity index (χ2n) is 13.3. The van der Waals surface area contributed by atoms with Crippen LogP contribution < -0.4 is 0 Å². The summed E-state index contributed by atoms with van der Waals surface area (Å²) in [5.74, 6) is 0.661. The minimum Gasteiger partial charge on any atom is -0.256 e. The highest BCUT2D eigenvalue weighted by molar-refractivity contribution is 6.23. The molecule has 7 aromatic carbocycles. The van der Waals surface area contributed by atoms with Gasteiger partial charge in [0.05, 0.1) is 5.69 Å². The number of hydrogen-bond donors (Lipinski definition) is 0. The zero-order valence-electron chi connectivity index (χ0n) is 27.1. The van der Waals surface area contributed by atoms with Gasteiger partial charge >= 0.3 is 0 Å². The lowest BCUT2D eigenvalue weighted by Gasteiger charge is -2.24. The lowest BCUT2D eigenvalue weighted by molar-refractivity contribution is 0.445. The van der Waals surface area contributed by atoms with Gasteiger partial charge in [-0.15, -0.1) is 0 Å². The molecule has 0 N–H and O–H groups in total. The molecule has 0 spiro atoms. The Balaban J connectivity index is 1.18. The van der Waals surface area contributed by atoms with E-state index in [9.17, 15) is 0 Å². The summed E-state index contributed by atoms with van der Waals surface area (Å²) in [6.45, 7) is 0. The maximum Gasteiger partial charge on any atom is 0.0702 e. The van der Waals surface area contributed by atoms with E-state index in [1.54, 1.807) is 0 Å². The standard InChI is InChI=1S/C47H37N/c1-3-13-33(14-4-1)37-21-11-23-39-38(37)22-12-24-40(39)47-43-19-9-7-17-41(43)46(42-18-8-10-20-44(42)47)35-27-25-32(26-28-35)36-29-30-45(48-31-36)34-15-5-2-6-16-34/h2,5-12,15-31,33H,1,3-4,13-14H2. The van der Waals surface area contributed by atoms with Gasteiger partial charge in [0.15, 0.2) is 0 Å². The Bertz CT molecular complexity index is 2340. The molecule has 0 radical (unpaired) electrons. The molecule has 0 unspecified atom stereocenters. The van der Waals surface area contributed by atoms with E-state index in [1.165, 1.54) is 97.8 Å². The summed E-state index contributed by atoms with van der Waals surface area (Å²) < 4.78 is 0. The van der Waals surface area contributed by atoms with Crippen molar-refractivity contribution in [2.24, 2.45) is 0 Å². The van der Waals surface area contributed by atoms with Gasteiger partial charge in [-0.1, -0.05) is 165 Å². The smallest absolute Gasteiger partial charge is 0.0702 e. The highest BCUT2D eigenvalue weighted by atomic mass is 14.7. The topological polar surface area (TPSA) is 12.9 Å². The number of fused-ring (bicyclic) bond motifs is 3. The Labute approximate surface area is 282 Å². The van der Waals surface area contributed by atoms with E-state index in [0.29, 0.717) is 5.92 Å². The van der Waals surface area contributed by atoms with E-state index in [-0.39, 0.29) is 0 Å². The molecule has 9 rings (SSSR count). The monoisotopic (exact) mass is 615 g/mol. The minimum atomic E-state index is 0.661. The summed E-state index contributed by atoms with van der Waals surface area (Å²) in [5, 5.41) is 7.94. The molecule has 1 aliphatic rings. The van der Waals surface area contributed by atoms with Crippen LogP contribution in [0.4, 0.5) is 0 Å².